The van der Waals surface area contributed by atoms with Gasteiger partial charge < -0.3 is 4.42 Å². The SMILES string of the molecule is O=S(=O)(N/N=C/c1cc(Br)c(Sc2ccc(Cl)cc2)o1)c1ccc2ccccc2c1. The first-order valence-electron chi connectivity index (χ1n) is 8.67. The van der Waals surface area contributed by atoms with Crippen LogP contribution in [0, 0.1) is 0 Å². The van der Waals surface area contributed by atoms with E-state index in [0.29, 0.717) is 15.9 Å². The van der Waals surface area contributed by atoms with Crippen molar-refractivity contribution >= 4 is 66.3 Å². The molecule has 30 heavy (non-hydrogen) atoms. The summed E-state index contributed by atoms with van der Waals surface area (Å²) in [6.07, 6.45) is 1.31. The first-order valence-corrected chi connectivity index (χ1v) is 12.1. The molecule has 0 radical (unpaired) electrons. The normalized spacial score (nSPS) is 11.9. The summed E-state index contributed by atoms with van der Waals surface area (Å²) in [5.41, 5.74) is 0. The van der Waals surface area contributed by atoms with Crippen LogP contribution in [-0.2, 0) is 10.0 Å². The Morgan fingerprint density at radius 1 is 1.00 bits per heavy atom. The smallest absolute Gasteiger partial charge is 0.276 e. The van der Waals surface area contributed by atoms with Gasteiger partial charge in [0.2, 0.25) is 0 Å². The van der Waals surface area contributed by atoms with Gasteiger partial charge in [-0.05, 0) is 63.1 Å². The highest BCUT2D eigenvalue weighted by molar-refractivity contribution is 9.10. The summed E-state index contributed by atoms with van der Waals surface area (Å²) in [7, 11) is -3.80. The van der Waals surface area contributed by atoms with Gasteiger partial charge in [-0.15, -0.1) is 0 Å². The van der Waals surface area contributed by atoms with Crippen molar-refractivity contribution < 1.29 is 12.8 Å². The van der Waals surface area contributed by atoms with Crippen LogP contribution in [0.5, 0.6) is 0 Å². The number of rotatable bonds is 6. The fourth-order valence-corrected chi connectivity index (χ4v) is 4.94. The molecule has 9 heteroatoms. The van der Waals surface area contributed by atoms with Crippen molar-refractivity contribution in [2.24, 2.45) is 5.10 Å². The number of nitrogens with zero attached hydrogens (tertiary/aromatic N) is 1. The molecule has 0 unspecified atom stereocenters. The van der Waals surface area contributed by atoms with E-state index in [1.807, 2.05) is 36.4 Å². The molecule has 0 saturated heterocycles. The van der Waals surface area contributed by atoms with Crippen LogP contribution in [0.25, 0.3) is 10.8 Å². The molecular weight excluding hydrogens is 508 g/mol. The van der Waals surface area contributed by atoms with Crippen LogP contribution in [0.1, 0.15) is 5.76 Å². The second-order valence-electron chi connectivity index (χ2n) is 6.20. The third kappa shape index (κ3) is 4.89. The second kappa shape index (κ2) is 8.85. The summed E-state index contributed by atoms with van der Waals surface area (Å²) in [6, 6.07) is 21.5. The maximum atomic E-state index is 12.5. The average Bonchev–Trinajstić information content (AvgIpc) is 3.08. The van der Waals surface area contributed by atoms with Crippen LogP contribution < -0.4 is 4.83 Å². The highest BCUT2D eigenvalue weighted by Crippen LogP contribution is 2.36. The lowest BCUT2D eigenvalue weighted by Gasteiger charge is -2.04. The molecule has 4 aromatic rings. The van der Waals surface area contributed by atoms with Crippen LogP contribution in [0.2, 0.25) is 5.02 Å². The summed E-state index contributed by atoms with van der Waals surface area (Å²) in [6.45, 7) is 0. The Hall–Kier alpha value is -2.26. The fraction of sp³-hybridized carbons (Fsp3) is 0. The number of furan rings is 1. The van der Waals surface area contributed by atoms with Gasteiger partial charge in [0.15, 0.2) is 5.09 Å². The molecule has 0 atom stereocenters. The number of fused-ring (bicyclic) bond motifs is 1. The molecule has 0 bridgehead atoms. The summed E-state index contributed by atoms with van der Waals surface area (Å²) in [5, 5.41) is 6.92. The summed E-state index contributed by atoms with van der Waals surface area (Å²) >= 11 is 10.7. The Morgan fingerprint density at radius 2 is 1.73 bits per heavy atom. The number of hydrogen-bond acceptors (Lipinski definition) is 5. The monoisotopic (exact) mass is 520 g/mol. The zero-order chi connectivity index (χ0) is 21.1. The van der Waals surface area contributed by atoms with Crippen molar-refractivity contribution in [1.29, 1.82) is 0 Å². The van der Waals surface area contributed by atoms with E-state index in [2.05, 4.69) is 25.9 Å². The van der Waals surface area contributed by atoms with Crippen LogP contribution in [0.4, 0.5) is 0 Å². The van der Waals surface area contributed by atoms with Gasteiger partial charge in [0, 0.05) is 16.0 Å². The number of nitrogens with one attached hydrogen (secondary N) is 1. The topological polar surface area (TPSA) is 71.7 Å². The van der Waals surface area contributed by atoms with E-state index < -0.39 is 10.0 Å². The van der Waals surface area contributed by atoms with Crippen molar-refractivity contribution in [3.63, 3.8) is 0 Å². The van der Waals surface area contributed by atoms with Gasteiger partial charge in [0.05, 0.1) is 15.6 Å². The number of sulfonamides is 1. The summed E-state index contributed by atoms with van der Waals surface area (Å²) in [4.78, 5) is 3.31. The molecule has 0 amide bonds. The molecule has 0 saturated carbocycles. The van der Waals surface area contributed by atoms with Crippen molar-refractivity contribution in [2.75, 3.05) is 0 Å². The molecule has 0 fully saturated rings. The highest BCUT2D eigenvalue weighted by Gasteiger charge is 2.14. The van der Waals surface area contributed by atoms with Crippen LogP contribution in [0.15, 0.2) is 102 Å². The van der Waals surface area contributed by atoms with Crippen molar-refractivity contribution in [3.05, 3.63) is 88.1 Å². The van der Waals surface area contributed by atoms with Gasteiger partial charge in [-0.1, -0.05) is 53.7 Å². The standard InChI is InChI=1S/C21H14BrClN2O3S2/c22-20-12-17(28-21(20)29-18-8-6-16(23)7-9-18)13-24-25-30(26,27)19-10-5-14-3-1-2-4-15(14)11-19/h1-13,25H/b24-13+. The minimum absolute atomic E-state index is 0.137. The van der Waals surface area contributed by atoms with Gasteiger partial charge in [-0.3, -0.25) is 0 Å². The molecule has 0 aliphatic heterocycles. The number of hydrogen-bond donors (Lipinski definition) is 1. The maximum absolute atomic E-state index is 12.5. The largest absolute Gasteiger partial charge is 0.447 e. The third-order valence-electron chi connectivity index (χ3n) is 4.09. The van der Waals surface area contributed by atoms with E-state index in [-0.39, 0.29) is 4.90 Å². The Labute approximate surface area is 191 Å². The van der Waals surface area contributed by atoms with Crippen LogP contribution in [0.3, 0.4) is 0 Å². The molecule has 1 heterocycles. The quantitative estimate of drug-likeness (QED) is 0.238. The Bertz CT molecular complexity index is 1340. The lowest BCUT2D eigenvalue weighted by atomic mass is 10.1. The molecule has 3 aromatic carbocycles. The zero-order valence-corrected chi connectivity index (χ0v) is 19.2. The summed E-state index contributed by atoms with van der Waals surface area (Å²) in [5.74, 6) is 0.402. The zero-order valence-electron chi connectivity index (χ0n) is 15.2. The average molecular weight is 522 g/mol. The number of benzene rings is 3. The van der Waals surface area contributed by atoms with E-state index in [4.69, 9.17) is 16.0 Å². The molecule has 152 valence electrons. The van der Waals surface area contributed by atoms with E-state index in [1.54, 1.807) is 36.4 Å². The van der Waals surface area contributed by atoms with Gasteiger partial charge in [-0.2, -0.15) is 18.4 Å². The van der Waals surface area contributed by atoms with Gasteiger partial charge in [-0.25, -0.2) is 0 Å². The first-order chi connectivity index (χ1) is 14.4. The minimum Gasteiger partial charge on any atom is -0.447 e. The molecule has 0 aliphatic carbocycles. The third-order valence-corrected chi connectivity index (χ3v) is 7.41. The van der Waals surface area contributed by atoms with E-state index in [1.165, 1.54) is 18.0 Å². The van der Waals surface area contributed by atoms with Gasteiger partial charge in [0.25, 0.3) is 10.0 Å². The van der Waals surface area contributed by atoms with Crippen molar-refractivity contribution in [2.45, 2.75) is 14.9 Å². The van der Waals surface area contributed by atoms with E-state index in [9.17, 15) is 8.42 Å². The lowest BCUT2D eigenvalue weighted by Crippen LogP contribution is -2.18. The molecule has 5 nitrogen and oxygen atoms in total. The second-order valence-corrected chi connectivity index (χ2v) is 10.2. The van der Waals surface area contributed by atoms with E-state index in [0.717, 1.165) is 20.1 Å². The summed E-state index contributed by atoms with van der Waals surface area (Å²) < 4.78 is 31.5. The fourth-order valence-electron chi connectivity index (χ4n) is 2.66. The Morgan fingerprint density at radius 3 is 2.50 bits per heavy atom. The minimum atomic E-state index is -3.80. The van der Waals surface area contributed by atoms with Crippen LogP contribution in [-0.4, -0.2) is 14.6 Å². The maximum Gasteiger partial charge on any atom is 0.276 e. The number of halogens is 2. The lowest BCUT2D eigenvalue weighted by molar-refractivity contribution is 0.466. The van der Waals surface area contributed by atoms with Crippen molar-refractivity contribution in [3.8, 4) is 0 Å². The van der Waals surface area contributed by atoms with E-state index >= 15 is 0 Å². The predicted molar refractivity (Wildman–Crippen MR) is 124 cm³/mol. The Balaban J connectivity index is 1.47. The number of hydrazone groups is 1. The van der Waals surface area contributed by atoms with Crippen LogP contribution >= 0.6 is 39.3 Å². The molecule has 1 N–H and O–H groups in total. The molecular formula is C21H14BrClN2O3S2. The molecule has 4 rings (SSSR count). The van der Waals surface area contributed by atoms with Crippen molar-refractivity contribution in [1.82, 2.24) is 4.83 Å². The molecule has 0 spiro atoms. The first kappa shape index (κ1) is 21.0. The molecule has 0 aliphatic rings. The highest BCUT2D eigenvalue weighted by atomic mass is 79.9. The molecule has 1 aromatic heterocycles. The van der Waals surface area contributed by atoms with Gasteiger partial charge >= 0.3 is 0 Å². The van der Waals surface area contributed by atoms with Gasteiger partial charge in [0.1, 0.15) is 5.76 Å². The Kier molecular flexibility index (Phi) is 6.19. The predicted octanol–water partition coefficient (Wildman–Crippen LogP) is 6.31.